The molecule has 0 aliphatic heterocycles. The molecule has 3 N–H and O–H groups in total. The highest BCUT2D eigenvalue weighted by molar-refractivity contribution is 7.08. The second kappa shape index (κ2) is 7.45. The Labute approximate surface area is 129 Å². The highest BCUT2D eigenvalue weighted by Crippen LogP contribution is 2.22. The molecule has 2 amide bonds. The Balaban J connectivity index is 2.51. The normalized spacial score (nSPS) is 12.8. The van der Waals surface area contributed by atoms with Crippen molar-refractivity contribution in [2.75, 3.05) is 0 Å². The van der Waals surface area contributed by atoms with Crippen LogP contribution in [0.5, 0.6) is 0 Å². The maximum atomic E-state index is 11.9. The minimum Gasteiger partial charge on any atom is -0.481 e. The first-order valence-corrected chi connectivity index (χ1v) is 7.89. The van der Waals surface area contributed by atoms with Gasteiger partial charge >= 0.3 is 12.0 Å². The molecule has 0 aromatic carbocycles. The number of hydrogen-bond donors (Lipinski definition) is 3. The SMILES string of the molecule is Cc1cscc1CNC(=O)NC(CC(=O)O)CC(C)(C)C. The molecule has 1 atom stereocenters. The van der Waals surface area contributed by atoms with Crippen LogP contribution in [0.25, 0.3) is 0 Å². The number of carbonyl (C=O) groups is 2. The van der Waals surface area contributed by atoms with E-state index >= 15 is 0 Å². The summed E-state index contributed by atoms with van der Waals surface area (Å²) in [5.41, 5.74) is 2.19. The van der Waals surface area contributed by atoms with E-state index in [0.29, 0.717) is 13.0 Å². The van der Waals surface area contributed by atoms with Crippen molar-refractivity contribution in [2.45, 2.75) is 53.1 Å². The van der Waals surface area contributed by atoms with E-state index < -0.39 is 5.97 Å². The topological polar surface area (TPSA) is 78.4 Å². The van der Waals surface area contributed by atoms with Gasteiger partial charge in [-0.3, -0.25) is 4.79 Å². The number of aliphatic carboxylic acids is 1. The maximum Gasteiger partial charge on any atom is 0.315 e. The summed E-state index contributed by atoms with van der Waals surface area (Å²) in [6, 6.07) is -0.692. The van der Waals surface area contributed by atoms with Crippen LogP contribution >= 0.6 is 11.3 Å². The Morgan fingerprint density at radius 1 is 1.33 bits per heavy atom. The number of hydrogen-bond acceptors (Lipinski definition) is 3. The first kappa shape index (κ1) is 17.5. The lowest BCUT2D eigenvalue weighted by Gasteiger charge is -2.25. The van der Waals surface area contributed by atoms with E-state index in [1.54, 1.807) is 11.3 Å². The molecule has 1 aromatic heterocycles. The van der Waals surface area contributed by atoms with Crippen LogP contribution in [0, 0.1) is 12.3 Å². The number of amides is 2. The van der Waals surface area contributed by atoms with Gasteiger partial charge in [-0.2, -0.15) is 11.3 Å². The third-order valence-electron chi connectivity index (χ3n) is 3.02. The van der Waals surface area contributed by atoms with E-state index in [4.69, 9.17) is 5.11 Å². The van der Waals surface area contributed by atoms with Crippen molar-refractivity contribution in [3.63, 3.8) is 0 Å². The molecule has 0 saturated heterocycles. The minimum absolute atomic E-state index is 0.0443. The first-order chi connectivity index (χ1) is 9.67. The van der Waals surface area contributed by atoms with Crippen LogP contribution in [0.3, 0.4) is 0 Å². The van der Waals surface area contributed by atoms with Gasteiger partial charge in [0, 0.05) is 12.6 Å². The summed E-state index contributed by atoms with van der Waals surface area (Å²) in [7, 11) is 0. The van der Waals surface area contributed by atoms with Crippen LogP contribution in [0.4, 0.5) is 4.79 Å². The Bertz CT molecular complexity index is 491. The van der Waals surface area contributed by atoms with Gasteiger partial charge < -0.3 is 15.7 Å². The van der Waals surface area contributed by atoms with Crippen LogP contribution in [-0.2, 0) is 11.3 Å². The Kier molecular flexibility index (Phi) is 6.20. The average molecular weight is 312 g/mol. The number of thiophene rings is 1. The molecule has 0 radical (unpaired) electrons. The van der Waals surface area contributed by atoms with Gasteiger partial charge in [0.25, 0.3) is 0 Å². The predicted octanol–water partition coefficient (Wildman–Crippen LogP) is 3.14. The van der Waals surface area contributed by atoms with Crippen molar-refractivity contribution in [3.8, 4) is 0 Å². The molecule has 0 bridgehead atoms. The molecule has 1 rings (SSSR count). The van der Waals surface area contributed by atoms with Crippen molar-refractivity contribution in [1.82, 2.24) is 10.6 Å². The van der Waals surface area contributed by atoms with Gasteiger partial charge in [-0.05, 0) is 40.6 Å². The summed E-state index contributed by atoms with van der Waals surface area (Å²) in [6.07, 6.45) is 0.548. The summed E-state index contributed by atoms with van der Waals surface area (Å²) in [5, 5.41) is 18.5. The monoisotopic (exact) mass is 312 g/mol. The fraction of sp³-hybridized carbons (Fsp3) is 0.600. The number of rotatable bonds is 6. The van der Waals surface area contributed by atoms with Crippen molar-refractivity contribution < 1.29 is 14.7 Å². The van der Waals surface area contributed by atoms with Crippen LogP contribution < -0.4 is 10.6 Å². The number of aryl methyl sites for hydroxylation is 1. The van der Waals surface area contributed by atoms with E-state index in [-0.39, 0.29) is 23.9 Å². The number of carbonyl (C=O) groups excluding carboxylic acids is 1. The molecular weight excluding hydrogens is 288 g/mol. The van der Waals surface area contributed by atoms with Gasteiger partial charge in [0.05, 0.1) is 6.42 Å². The summed E-state index contributed by atoms with van der Waals surface area (Å²) >= 11 is 1.60. The van der Waals surface area contributed by atoms with E-state index in [1.807, 2.05) is 38.5 Å². The van der Waals surface area contributed by atoms with Crippen molar-refractivity contribution >= 4 is 23.3 Å². The molecule has 118 valence electrons. The second-order valence-corrected chi connectivity index (χ2v) is 7.21. The molecule has 0 saturated carbocycles. The van der Waals surface area contributed by atoms with E-state index in [0.717, 1.165) is 11.1 Å². The highest BCUT2D eigenvalue weighted by Gasteiger charge is 2.22. The first-order valence-electron chi connectivity index (χ1n) is 6.95. The molecule has 0 aliphatic rings. The number of carboxylic acids is 1. The standard InChI is InChI=1S/C15H24N2O3S/c1-10-8-21-9-11(10)7-16-14(20)17-12(5-13(18)19)6-15(2,3)4/h8-9,12H,5-7H2,1-4H3,(H,18,19)(H2,16,17,20). The van der Waals surface area contributed by atoms with Gasteiger partial charge in [-0.1, -0.05) is 20.8 Å². The van der Waals surface area contributed by atoms with Crippen molar-refractivity contribution in [2.24, 2.45) is 5.41 Å². The van der Waals surface area contributed by atoms with E-state index in [9.17, 15) is 9.59 Å². The Morgan fingerprint density at radius 3 is 2.48 bits per heavy atom. The molecule has 0 fully saturated rings. The van der Waals surface area contributed by atoms with Crippen LogP contribution in [-0.4, -0.2) is 23.1 Å². The zero-order chi connectivity index (χ0) is 16.0. The molecule has 0 spiro atoms. The van der Waals surface area contributed by atoms with Gasteiger partial charge in [0.1, 0.15) is 0 Å². The molecule has 21 heavy (non-hydrogen) atoms. The molecular formula is C15H24N2O3S. The van der Waals surface area contributed by atoms with Gasteiger partial charge in [-0.15, -0.1) is 0 Å². The third kappa shape index (κ3) is 7.13. The van der Waals surface area contributed by atoms with Gasteiger partial charge in [-0.25, -0.2) is 4.79 Å². The van der Waals surface area contributed by atoms with Crippen molar-refractivity contribution in [1.29, 1.82) is 0 Å². The number of urea groups is 1. The molecule has 1 unspecified atom stereocenters. The average Bonchev–Trinajstić information content (AvgIpc) is 2.69. The van der Waals surface area contributed by atoms with Gasteiger partial charge in [0.2, 0.25) is 0 Å². The Morgan fingerprint density at radius 2 is 2.00 bits per heavy atom. The summed E-state index contributed by atoms with van der Waals surface area (Å²) in [6.45, 7) is 8.52. The quantitative estimate of drug-likeness (QED) is 0.755. The van der Waals surface area contributed by atoms with E-state index in [1.165, 1.54) is 0 Å². The molecule has 0 aliphatic carbocycles. The Hall–Kier alpha value is -1.56. The molecule has 1 heterocycles. The summed E-state index contributed by atoms with van der Waals surface area (Å²) in [4.78, 5) is 22.8. The molecule has 6 heteroatoms. The lowest BCUT2D eigenvalue weighted by molar-refractivity contribution is -0.137. The lowest BCUT2D eigenvalue weighted by atomic mass is 9.87. The molecule has 1 aromatic rings. The van der Waals surface area contributed by atoms with Crippen LogP contribution in [0.2, 0.25) is 0 Å². The van der Waals surface area contributed by atoms with Crippen LogP contribution in [0.15, 0.2) is 10.8 Å². The fourth-order valence-electron chi connectivity index (χ4n) is 2.10. The fourth-order valence-corrected chi connectivity index (χ4v) is 2.96. The zero-order valence-electron chi connectivity index (χ0n) is 13.0. The zero-order valence-corrected chi connectivity index (χ0v) is 13.8. The summed E-state index contributed by atoms with van der Waals surface area (Å²) < 4.78 is 0. The van der Waals surface area contributed by atoms with E-state index in [2.05, 4.69) is 10.6 Å². The van der Waals surface area contributed by atoms with Gasteiger partial charge in [0.15, 0.2) is 0 Å². The number of nitrogens with one attached hydrogen (secondary N) is 2. The smallest absolute Gasteiger partial charge is 0.315 e. The molecule has 5 nitrogen and oxygen atoms in total. The van der Waals surface area contributed by atoms with Crippen LogP contribution in [0.1, 0.15) is 44.7 Å². The third-order valence-corrected chi connectivity index (χ3v) is 3.93. The van der Waals surface area contributed by atoms with Crippen molar-refractivity contribution in [3.05, 3.63) is 21.9 Å². The largest absolute Gasteiger partial charge is 0.481 e. The predicted molar refractivity (Wildman–Crippen MR) is 84.5 cm³/mol. The highest BCUT2D eigenvalue weighted by atomic mass is 32.1. The minimum atomic E-state index is -0.904. The second-order valence-electron chi connectivity index (χ2n) is 6.47. The summed E-state index contributed by atoms with van der Waals surface area (Å²) in [5.74, 6) is -0.904. The number of carboxylic acid groups (broad SMARTS) is 1. The lowest BCUT2D eigenvalue weighted by Crippen LogP contribution is -2.44. The maximum absolute atomic E-state index is 11.9.